The zero-order valence-corrected chi connectivity index (χ0v) is 29.2. The molecule has 2 aromatic heterocycles. The van der Waals surface area contributed by atoms with Gasteiger partial charge in [-0.15, -0.1) is 11.3 Å². The average Bonchev–Trinajstić information content (AvgIpc) is 3.84. The lowest BCUT2D eigenvalue weighted by molar-refractivity contribution is 0.107. The Labute approximate surface area is 296 Å². The van der Waals surface area contributed by atoms with E-state index >= 15 is 8.78 Å². The van der Waals surface area contributed by atoms with Crippen LogP contribution in [0, 0.1) is 23.0 Å². The number of ether oxygens (including phenoxy) is 1. The van der Waals surface area contributed by atoms with Crippen molar-refractivity contribution in [2.75, 3.05) is 51.8 Å². The number of benzene rings is 2. The zero-order valence-electron chi connectivity index (χ0n) is 27.6. The molecule has 4 saturated heterocycles. The second kappa shape index (κ2) is 12.5. The maximum atomic E-state index is 17.2. The Kier molecular flexibility index (Phi) is 8.20. The van der Waals surface area contributed by atoms with Crippen molar-refractivity contribution < 1.29 is 23.4 Å². The number of carboxylic acid groups (broad SMARTS) is 1. The van der Waals surface area contributed by atoms with E-state index < -0.39 is 17.7 Å². The number of nitriles is 1. The fourth-order valence-electron chi connectivity index (χ4n) is 8.49. The van der Waals surface area contributed by atoms with Crippen LogP contribution in [0.4, 0.5) is 24.4 Å². The van der Waals surface area contributed by atoms with Gasteiger partial charge >= 0.3 is 12.1 Å². The summed E-state index contributed by atoms with van der Waals surface area (Å²) >= 11 is 7.94. The van der Waals surface area contributed by atoms with Gasteiger partial charge in [-0.2, -0.15) is 15.2 Å². The number of nitrogens with zero attached hydrogens (tertiary/aromatic N) is 8. The zero-order chi connectivity index (χ0) is 34.9. The van der Waals surface area contributed by atoms with Crippen LogP contribution in [0.2, 0.25) is 5.02 Å². The molecular formula is C35H35ClF2N8O3S. The molecule has 6 heterocycles. The first kappa shape index (κ1) is 32.9. The molecule has 2 atom stereocenters. The highest BCUT2D eigenvalue weighted by molar-refractivity contribution is 7.23. The second-order valence-electron chi connectivity index (χ2n) is 13.9. The molecule has 11 nitrogen and oxygen atoms in total. The molecule has 0 aliphatic carbocycles. The van der Waals surface area contributed by atoms with Crippen LogP contribution in [0.5, 0.6) is 6.01 Å². The lowest BCUT2D eigenvalue weighted by Crippen LogP contribution is -2.55. The highest BCUT2D eigenvalue weighted by Gasteiger charge is 2.46. The maximum absolute atomic E-state index is 17.2. The van der Waals surface area contributed by atoms with Gasteiger partial charge in [-0.1, -0.05) is 17.7 Å². The number of hydrogen-bond acceptors (Lipinski definition) is 9. The first-order chi connectivity index (χ1) is 24.1. The van der Waals surface area contributed by atoms with Crippen molar-refractivity contribution in [2.45, 2.75) is 56.1 Å². The van der Waals surface area contributed by atoms with E-state index in [1.165, 1.54) is 23.4 Å². The summed E-state index contributed by atoms with van der Waals surface area (Å²) in [6.45, 7) is 3.15. The monoisotopic (exact) mass is 720 g/mol. The van der Waals surface area contributed by atoms with E-state index in [0.717, 1.165) is 63.0 Å². The Balaban J connectivity index is 1.28. The van der Waals surface area contributed by atoms with Gasteiger partial charge in [0.1, 0.15) is 34.8 Å². The van der Waals surface area contributed by atoms with Crippen LogP contribution in [-0.2, 0) is 0 Å². The van der Waals surface area contributed by atoms with Gasteiger partial charge in [-0.05, 0) is 69.3 Å². The number of fused-ring (bicyclic) bond motifs is 5. The molecule has 260 valence electrons. The quantitative estimate of drug-likeness (QED) is 0.161. The molecule has 50 heavy (non-hydrogen) atoms. The summed E-state index contributed by atoms with van der Waals surface area (Å²) in [4.78, 5) is 33.6. The van der Waals surface area contributed by atoms with Crippen LogP contribution in [0.3, 0.4) is 0 Å². The molecule has 2 aromatic carbocycles. The normalized spacial score (nSPS) is 21.4. The largest absolute Gasteiger partial charge is 0.465 e. The first-order valence-corrected chi connectivity index (χ1v) is 18.0. The SMILES string of the molecule is CN(C)C=Nc1sc2c(F)ccc(-c3c(Cl)cc4c(N5CC6CCC(C5)N6C(=O)O)nc(OCC56CCCN5CCC6)nc4c3F)c2c1C#N. The van der Waals surface area contributed by atoms with Crippen molar-refractivity contribution in [3.63, 3.8) is 0 Å². The molecule has 0 radical (unpaired) electrons. The smallest absolute Gasteiger partial charge is 0.407 e. The number of amides is 1. The summed E-state index contributed by atoms with van der Waals surface area (Å²) in [5, 5.41) is 21.0. The lowest BCUT2D eigenvalue weighted by Gasteiger charge is -2.40. The van der Waals surface area contributed by atoms with Gasteiger partial charge < -0.3 is 19.6 Å². The minimum atomic E-state index is -0.948. The van der Waals surface area contributed by atoms with E-state index in [0.29, 0.717) is 35.9 Å². The van der Waals surface area contributed by atoms with Gasteiger partial charge in [0.2, 0.25) is 0 Å². The van der Waals surface area contributed by atoms with E-state index in [2.05, 4.69) is 20.9 Å². The van der Waals surface area contributed by atoms with Crippen LogP contribution < -0.4 is 9.64 Å². The number of halogens is 3. The highest BCUT2D eigenvalue weighted by atomic mass is 35.5. The molecular weight excluding hydrogens is 686 g/mol. The average molecular weight is 721 g/mol. The van der Waals surface area contributed by atoms with Crippen LogP contribution in [0.1, 0.15) is 44.1 Å². The van der Waals surface area contributed by atoms with Crippen LogP contribution in [0.15, 0.2) is 23.2 Å². The molecule has 4 aromatic rings. The van der Waals surface area contributed by atoms with Crippen molar-refractivity contribution in [3.05, 3.63) is 40.4 Å². The second-order valence-corrected chi connectivity index (χ2v) is 15.3. The number of anilines is 1. The van der Waals surface area contributed by atoms with Gasteiger partial charge in [0.15, 0.2) is 5.82 Å². The molecule has 15 heteroatoms. The molecule has 0 saturated carbocycles. The maximum Gasteiger partial charge on any atom is 0.407 e. The minimum Gasteiger partial charge on any atom is -0.465 e. The van der Waals surface area contributed by atoms with Crippen molar-refractivity contribution in [2.24, 2.45) is 4.99 Å². The first-order valence-electron chi connectivity index (χ1n) is 16.8. The van der Waals surface area contributed by atoms with Gasteiger partial charge in [-0.3, -0.25) is 9.80 Å². The predicted molar refractivity (Wildman–Crippen MR) is 189 cm³/mol. The summed E-state index contributed by atoms with van der Waals surface area (Å²) in [6.07, 6.45) is 6.20. The Bertz CT molecular complexity index is 2100. The van der Waals surface area contributed by atoms with Gasteiger partial charge in [0, 0.05) is 43.5 Å². The molecule has 1 amide bonds. The summed E-state index contributed by atoms with van der Waals surface area (Å²) in [7, 11) is 3.56. The highest BCUT2D eigenvalue weighted by Crippen LogP contribution is 2.48. The standard InChI is InChI=1S/C35H35ClF2N8O3S/c1-43(2)18-40-32-23(14-39)26-21(7-8-25(37)30(26)50-32)27-24(36)13-22-29(28(27)38)41-33(49-17-35-9-3-11-45(35)12-4-10-35)42-31(22)44-15-19-5-6-20(16-44)46(19)34(47)48/h7-8,13,18-20H,3-6,9-12,15-17H2,1-2H3,(H,47,48). The molecule has 2 unspecified atom stereocenters. The van der Waals surface area contributed by atoms with Gasteiger partial charge in [-0.25, -0.2) is 18.6 Å². The van der Waals surface area contributed by atoms with Crippen molar-refractivity contribution in [1.82, 2.24) is 24.7 Å². The minimum absolute atomic E-state index is 0.0238. The van der Waals surface area contributed by atoms with E-state index in [1.807, 2.05) is 4.90 Å². The number of thiophene rings is 1. The Morgan fingerprint density at radius 1 is 1.22 bits per heavy atom. The molecule has 4 fully saturated rings. The molecule has 0 spiro atoms. The summed E-state index contributed by atoms with van der Waals surface area (Å²) < 4.78 is 39.0. The lowest BCUT2D eigenvalue weighted by atomic mass is 9.95. The van der Waals surface area contributed by atoms with Crippen molar-refractivity contribution in [1.29, 1.82) is 5.26 Å². The van der Waals surface area contributed by atoms with Crippen LogP contribution in [-0.4, -0.2) is 107 Å². The molecule has 2 bridgehead atoms. The number of rotatable bonds is 7. The topological polar surface area (TPSA) is 121 Å². The summed E-state index contributed by atoms with van der Waals surface area (Å²) in [5.41, 5.74) is 0.204. The number of piperazine rings is 1. The van der Waals surface area contributed by atoms with E-state index in [1.54, 1.807) is 25.1 Å². The third-order valence-electron chi connectivity index (χ3n) is 10.7. The Morgan fingerprint density at radius 3 is 2.60 bits per heavy atom. The third kappa shape index (κ3) is 5.29. The van der Waals surface area contributed by atoms with E-state index in [4.69, 9.17) is 21.3 Å². The number of carbonyl (C=O) groups is 1. The fourth-order valence-corrected chi connectivity index (χ4v) is 9.81. The fraction of sp³-hybridized carbons (Fsp3) is 0.457. The number of hydrogen-bond donors (Lipinski definition) is 1. The molecule has 8 rings (SSSR count). The van der Waals surface area contributed by atoms with Gasteiger partial charge in [0.25, 0.3) is 0 Å². The molecule has 4 aliphatic rings. The van der Waals surface area contributed by atoms with E-state index in [9.17, 15) is 15.2 Å². The Hall–Kier alpha value is -4.32. The third-order valence-corrected chi connectivity index (χ3v) is 12.1. The van der Waals surface area contributed by atoms with Crippen LogP contribution in [0.25, 0.3) is 32.1 Å². The number of aromatic nitrogens is 2. The van der Waals surface area contributed by atoms with Crippen LogP contribution >= 0.6 is 22.9 Å². The van der Waals surface area contributed by atoms with E-state index in [-0.39, 0.29) is 60.9 Å². The van der Waals surface area contributed by atoms with Crippen molar-refractivity contribution in [3.8, 4) is 23.2 Å². The molecule has 1 N–H and O–H groups in total. The summed E-state index contributed by atoms with van der Waals surface area (Å²) in [5.74, 6) is -0.892. The van der Waals surface area contributed by atoms with Crippen molar-refractivity contribution >= 4 is 67.2 Å². The number of aliphatic imine (C=N–C) groups is 1. The molecule has 4 aliphatic heterocycles. The predicted octanol–water partition coefficient (Wildman–Crippen LogP) is 6.87. The summed E-state index contributed by atoms with van der Waals surface area (Å²) in [6, 6.07) is 5.98. The van der Waals surface area contributed by atoms with Gasteiger partial charge in [0.05, 0.1) is 39.2 Å². The Morgan fingerprint density at radius 2 is 1.94 bits per heavy atom.